The molecular formula is C30H33ClFN3O4S. The topological polar surface area (TPSA) is 78.0 Å². The van der Waals surface area contributed by atoms with Crippen LogP contribution in [0, 0.1) is 5.82 Å². The van der Waals surface area contributed by atoms with Gasteiger partial charge in [0.2, 0.25) is 15.9 Å². The molecule has 7 nitrogen and oxygen atoms in total. The first kappa shape index (κ1) is 29.7. The predicted molar refractivity (Wildman–Crippen MR) is 153 cm³/mol. The molecule has 0 radical (unpaired) electrons. The lowest BCUT2D eigenvalue weighted by Crippen LogP contribution is -2.51. The van der Waals surface area contributed by atoms with Crippen molar-refractivity contribution in [2.45, 2.75) is 43.7 Å². The fraction of sp³-hybridized carbons (Fsp3) is 0.333. The second-order valence-corrected chi connectivity index (χ2v) is 12.2. The van der Waals surface area contributed by atoms with Crippen molar-refractivity contribution in [3.8, 4) is 0 Å². The van der Waals surface area contributed by atoms with Gasteiger partial charge in [0.05, 0.1) is 22.0 Å². The summed E-state index contributed by atoms with van der Waals surface area (Å²) in [5.41, 5.74) is 1.03. The van der Waals surface area contributed by atoms with E-state index in [1.165, 1.54) is 28.6 Å². The van der Waals surface area contributed by atoms with Crippen molar-refractivity contribution in [2.75, 3.05) is 26.2 Å². The molecule has 0 N–H and O–H groups in total. The van der Waals surface area contributed by atoms with Gasteiger partial charge in [0.15, 0.2) is 0 Å². The quantitative estimate of drug-likeness (QED) is 0.327. The third-order valence-corrected chi connectivity index (χ3v) is 9.21. The van der Waals surface area contributed by atoms with Gasteiger partial charge in [0.25, 0.3) is 5.91 Å². The van der Waals surface area contributed by atoms with E-state index in [1.807, 2.05) is 6.92 Å². The third kappa shape index (κ3) is 7.08. The molecular weight excluding hydrogens is 553 g/mol. The molecule has 0 unspecified atom stereocenters. The molecule has 0 spiro atoms. The number of hydrogen-bond donors (Lipinski definition) is 0. The summed E-state index contributed by atoms with van der Waals surface area (Å²) in [6, 6.07) is 20.7. The maximum atomic E-state index is 14.0. The number of sulfonamides is 1. The van der Waals surface area contributed by atoms with Gasteiger partial charge in [-0.3, -0.25) is 9.59 Å². The van der Waals surface area contributed by atoms with E-state index in [-0.39, 0.29) is 42.4 Å². The van der Waals surface area contributed by atoms with Crippen LogP contribution >= 0.6 is 11.6 Å². The monoisotopic (exact) mass is 585 g/mol. The van der Waals surface area contributed by atoms with Crippen LogP contribution in [-0.2, 0) is 21.4 Å². The summed E-state index contributed by atoms with van der Waals surface area (Å²) in [7, 11) is -3.90. The van der Waals surface area contributed by atoms with Crippen LogP contribution < -0.4 is 0 Å². The molecule has 3 aromatic carbocycles. The Labute approximate surface area is 240 Å². The Morgan fingerprint density at radius 3 is 2.30 bits per heavy atom. The first-order valence-electron chi connectivity index (χ1n) is 13.3. The summed E-state index contributed by atoms with van der Waals surface area (Å²) in [6.07, 6.45) is 1.53. The zero-order valence-electron chi connectivity index (χ0n) is 22.4. The first-order valence-corrected chi connectivity index (χ1v) is 15.2. The zero-order valence-corrected chi connectivity index (χ0v) is 24.0. The van der Waals surface area contributed by atoms with E-state index in [0.29, 0.717) is 48.5 Å². The smallest absolute Gasteiger partial charge is 0.255 e. The highest BCUT2D eigenvalue weighted by Gasteiger charge is 2.33. The Kier molecular flexibility index (Phi) is 9.95. The summed E-state index contributed by atoms with van der Waals surface area (Å²) in [6.45, 7) is 2.64. The molecule has 0 atom stereocenters. The second-order valence-electron chi connectivity index (χ2n) is 9.81. The van der Waals surface area contributed by atoms with Crippen LogP contribution in [0.5, 0.6) is 0 Å². The van der Waals surface area contributed by atoms with E-state index in [0.717, 1.165) is 0 Å². The minimum Gasteiger partial charge on any atom is -0.338 e. The molecule has 3 aromatic rings. The molecule has 0 aromatic heterocycles. The molecule has 1 aliphatic rings. The first-order chi connectivity index (χ1) is 19.2. The van der Waals surface area contributed by atoms with Crippen LogP contribution in [-0.4, -0.2) is 66.6 Å². The Morgan fingerprint density at radius 1 is 0.975 bits per heavy atom. The number of amides is 2. The lowest BCUT2D eigenvalue weighted by atomic mass is 10.0. The molecule has 0 saturated carbocycles. The normalized spacial score (nSPS) is 14.3. The maximum absolute atomic E-state index is 14.0. The molecule has 212 valence electrons. The summed E-state index contributed by atoms with van der Waals surface area (Å²) in [5.74, 6) is -0.951. The lowest BCUT2D eigenvalue weighted by Gasteiger charge is -2.39. The number of benzene rings is 3. The zero-order chi connectivity index (χ0) is 28.7. The summed E-state index contributed by atoms with van der Waals surface area (Å²) in [4.78, 5) is 30.3. The number of carbonyl (C=O) groups is 2. The SMILES string of the molecule is CCCN(CC(=O)N(Cc1cccc(F)c1)C1CCN(C(=O)c2ccccc2Cl)CC1)S(=O)(=O)c1ccccc1. The number of nitrogens with zero attached hydrogens (tertiary/aromatic N) is 3. The number of halogens is 2. The van der Waals surface area contributed by atoms with Crippen LogP contribution in [0.3, 0.4) is 0 Å². The summed E-state index contributed by atoms with van der Waals surface area (Å²) >= 11 is 6.23. The third-order valence-electron chi connectivity index (χ3n) is 7.02. The fourth-order valence-electron chi connectivity index (χ4n) is 4.96. The number of likely N-dealkylation sites (tertiary alicyclic amines) is 1. The minimum absolute atomic E-state index is 0.124. The van der Waals surface area contributed by atoms with Gasteiger partial charge in [0.1, 0.15) is 5.82 Å². The molecule has 2 amide bonds. The molecule has 4 rings (SSSR count). The van der Waals surface area contributed by atoms with Crippen LogP contribution in [0.1, 0.15) is 42.1 Å². The molecule has 1 saturated heterocycles. The Hall–Kier alpha value is -3.27. The highest BCUT2D eigenvalue weighted by Crippen LogP contribution is 2.24. The number of rotatable bonds is 10. The fourth-order valence-corrected chi connectivity index (χ4v) is 6.67. The van der Waals surface area contributed by atoms with Crippen molar-refractivity contribution in [2.24, 2.45) is 0 Å². The van der Waals surface area contributed by atoms with Crippen molar-refractivity contribution < 1.29 is 22.4 Å². The molecule has 40 heavy (non-hydrogen) atoms. The molecule has 10 heteroatoms. The predicted octanol–water partition coefficient (Wildman–Crippen LogP) is 5.21. The Morgan fingerprint density at radius 2 is 1.65 bits per heavy atom. The lowest BCUT2D eigenvalue weighted by molar-refractivity contribution is -0.135. The standard InChI is InChI=1S/C30H33ClFN3O4S/c1-2-17-34(40(38,39)26-11-4-3-5-12-26)22-29(36)35(21-23-9-8-10-24(32)20-23)25-15-18-33(19-16-25)30(37)27-13-6-7-14-28(27)31/h3-14,20,25H,2,15-19,21-22H2,1H3. The largest absolute Gasteiger partial charge is 0.338 e. The highest BCUT2D eigenvalue weighted by atomic mass is 35.5. The highest BCUT2D eigenvalue weighted by molar-refractivity contribution is 7.89. The van der Waals surface area contributed by atoms with Crippen molar-refractivity contribution >= 4 is 33.4 Å². The van der Waals surface area contributed by atoms with Gasteiger partial charge >= 0.3 is 0 Å². The van der Waals surface area contributed by atoms with Crippen LogP contribution in [0.4, 0.5) is 4.39 Å². The van der Waals surface area contributed by atoms with Crippen molar-refractivity contribution in [1.29, 1.82) is 0 Å². The van der Waals surface area contributed by atoms with Gasteiger partial charge in [-0.25, -0.2) is 12.8 Å². The van der Waals surface area contributed by atoms with E-state index >= 15 is 0 Å². The number of piperidine rings is 1. The van der Waals surface area contributed by atoms with Gasteiger partial charge in [0, 0.05) is 32.2 Å². The van der Waals surface area contributed by atoms with E-state index in [1.54, 1.807) is 64.4 Å². The van der Waals surface area contributed by atoms with Crippen LogP contribution in [0.2, 0.25) is 5.02 Å². The second kappa shape index (κ2) is 13.4. The van der Waals surface area contributed by atoms with Crippen molar-refractivity contribution in [3.05, 3.63) is 101 Å². The summed E-state index contributed by atoms with van der Waals surface area (Å²) in [5, 5.41) is 0.383. The van der Waals surface area contributed by atoms with Crippen LogP contribution in [0.15, 0.2) is 83.8 Å². The van der Waals surface area contributed by atoms with E-state index in [2.05, 4.69) is 0 Å². The van der Waals surface area contributed by atoms with Gasteiger partial charge in [-0.05, 0) is 61.2 Å². The molecule has 0 bridgehead atoms. The maximum Gasteiger partial charge on any atom is 0.255 e. The molecule has 0 aliphatic carbocycles. The Balaban J connectivity index is 1.54. The van der Waals surface area contributed by atoms with Crippen LogP contribution in [0.25, 0.3) is 0 Å². The minimum atomic E-state index is -3.90. The van der Waals surface area contributed by atoms with Crippen molar-refractivity contribution in [3.63, 3.8) is 0 Å². The summed E-state index contributed by atoms with van der Waals surface area (Å²) < 4.78 is 42.0. The van der Waals surface area contributed by atoms with E-state index in [4.69, 9.17) is 11.6 Å². The van der Waals surface area contributed by atoms with E-state index in [9.17, 15) is 22.4 Å². The van der Waals surface area contributed by atoms with Gasteiger partial charge in [-0.1, -0.05) is 61.0 Å². The number of carbonyl (C=O) groups excluding carboxylic acids is 2. The van der Waals surface area contributed by atoms with Crippen molar-refractivity contribution in [1.82, 2.24) is 14.1 Å². The Bertz CT molecular complexity index is 1430. The van der Waals surface area contributed by atoms with Gasteiger partial charge < -0.3 is 9.80 Å². The molecule has 1 fully saturated rings. The van der Waals surface area contributed by atoms with E-state index < -0.39 is 15.8 Å². The number of hydrogen-bond acceptors (Lipinski definition) is 4. The molecule has 1 heterocycles. The average molecular weight is 586 g/mol. The molecule has 1 aliphatic heterocycles. The van der Waals surface area contributed by atoms with Gasteiger partial charge in [-0.15, -0.1) is 0 Å². The van der Waals surface area contributed by atoms with Gasteiger partial charge in [-0.2, -0.15) is 4.31 Å². The average Bonchev–Trinajstić information content (AvgIpc) is 2.96.